The van der Waals surface area contributed by atoms with Gasteiger partial charge in [0, 0.05) is 98.4 Å². The van der Waals surface area contributed by atoms with Gasteiger partial charge in [0.2, 0.25) is 5.75 Å². The van der Waals surface area contributed by atoms with Gasteiger partial charge >= 0.3 is 5.97 Å². The lowest BCUT2D eigenvalue weighted by molar-refractivity contribution is -0.179. The zero-order valence-corrected chi connectivity index (χ0v) is 43.6. The molecule has 0 radical (unpaired) electrons. The molecule has 8 heterocycles. The molecule has 0 amide bonds. The summed E-state index contributed by atoms with van der Waals surface area (Å²) in [5.74, 6) is 7.45. The molecule has 11 atom stereocenters. The van der Waals surface area contributed by atoms with Gasteiger partial charge in [-0.1, -0.05) is 42.2 Å². The predicted octanol–water partition coefficient (Wildman–Crippen LogP) is 6.84. The van der Waals surface area contributed by atoms with E-state index in [9.17, 15) is 20.1 Å². The number of allylic oxidation sites excluding steroid dienone is 3. The number of nitrogens with one attached hydrogen (secondary N) is 5. The van der Waals surface area contributed by atoms with Gasteiger partial charge in [0.25, 0.3) is 0 Å². The number of phenolic OH excluding ortho intramolecular Hbond substituents is 3. The van der Waals surface area contributed by atoms with Crippen molar-refractivity contribution in [3.63, 3.8) is 0 Å². The Bertz CT molecular complexity index is 3230. The van der Waals surface area contributed by atoms with Crippen LogP contribution in [0.4, 0.5) is 0 Å². The van der Waals surface area contributed by atoms with Gasteiger partial charge in [-0.3, -0.25) is 14.8 Å². The van der Waals surface area contributed by atoms with Crippen molar-refractivity contribution in [2.24, 2.45) is 39.8 Å². The Balaban J connectivity index is 0.936. The van der Waals surface area contributed by atoms with Crippen LogP contribution >= 0.6 is 0 Å². The number of benzene rings is 2. The number of aliphatic imine (C=N–C) groups is 1. The third-order valence-electron chi connectivity index (χ3n) is 17.5. The van der Waals surface area contributed by atoms with E-state index in [0.29, 0.717) is 56.0 Å². The van der Waals surface area contributed by atoms with Crippen LogP contribution in [0.5, 0.6) is 28.7 Å². The van der Waals surface area contributed by atoms with E-state index in [0.717, 1.165) is 67.5 Å². The molecule has 5 aliphatic heterocycles. The van der Waals surface area contributed by atoms with Gasteiger partial charge in [0.1, 0.15) is 18.4 Å². The standard InChI is InChI=1S/C60H69N9O8/c1-35(70)75-51-31-50(40-29-48(72)55(73)53(30-40)74-25-18-37-7-4-21-63-32-37)77-56-42(51)12-10-39-11-13-44-49(76-52-27-38(26-43(39)56)9-14-47(52)71)8-3-19-60(44)59(34-62-2)20-15-46-41-17-24-64-45(41)33-69(46)57(59)67-58(68-60)66-22-5-6-36-16-23-65-54(61)28-36/h4,7,9-10,12,14,16-17,21,24,27-30,32-33,39,42-44,49-51,56-57,62,64-65,71-73H,3,5-6,8,15,18-20,22-23,25-26,31,34,61H2,1-2H3,(H2,66,67,68)/t39-,42-,43+,44-,49-,50+,51+,56-,57-,59-,60+/m1/s1. The molecule has 2 saturated heterocycles. The van der Waals surface area contributed by atoms with Crippen LogP contribution in [0.3, 0.4) is 0 Å². The van der Waals surface area contributed by atoms with Crippen molar-refractivity contribution in [1.82, 2.24) is 35.8 Å². The molecule has 7 aliphatic rings. The number of pyridine rings is 1. The van der Waals surface area contributed by atoms with Crippen LogP contribution in [0.1, 0.15) is 86.5 Å². The zero-order chi connectivity index (χ0) is 52.8. The van der Waals surface area contributed by atoms with E-state index in [4.69, 9.17) is 29.7 Å². The lowest BCUT2D eigenvalue weighted by Crippen LogP contribution is -2.79. The first kappa shape index (κ1) is 50.3. The maximum absolute atomic E-state index is 12.9. The normalized spacial score (nSPS) is 30.4. The van der Waals surface area contributed by atoms with E-state index in [1.54, 1.807) is 24.5 Å². The van der Waals surface area contributed by atoms with E-state index >= 15 is 0 Å². The summed E-state index contributed by atoms with van der Waals surface area (Å²) in [6.45, 7) is 3.62. The summed E-state index contributed by atoms with van der Waals surface area (Å²) < 4.78 is 29.1. The smallest absolute Gasteiger partial charge is 0.302 e. The Morgan fingerprint density at radius 1 is 1.09 bits per heavy atom. The van der Waals surface area contributed by atoms with Gasteiger partial charge in [-0.15, -0.1) is 0 Å². The minimum atomic E-state index is -0.686. The molecule has 1 spiro atoms. The van der Waals surface area contributed by atoms with Crippen LogP contribution in [-0.2, 0) is 33.5 Å². The summed E-state index contributed by atoms with van der Waals surface area (Å²) >= 11 is 0. The molecule has 402 valence electrons. The van der Waals surface area contributed by atoms with Gasteiger partial charge in [0.15, 0.2) is 29.0 Å². The number of aromatic hydroxyl groups is 3. The van der Waals surface area contributed by atoms with Crippen LogP contribution in [0.25, 0.3) is 10.9 Å². The maximum Gasteiger partial charge on any atom is 0.302 e. The van der Waals surface area contributed by atoms with E-state index in [2.05, 4.69) is 78.1 Å². The molecule has 12 rings (SSSR count). The van der Waals surface area contributed by atoms with Crippen LogP contribution in [0.2, 0.25) is 0 Å². The SMILES string of the molecule is CNC[C@]12CCc3c4cc[nH]c4cn3[C@H]1NC(=NCCCC1=CCNC(N)=C1)N[C@]21CCC[C@H]2Oc3cc(ccc3O)C[C@@H]3[C@@H]4O[C@H](c5cc(O)c(O)c(OCCc6cccnc6)c5)C[C@H](OC(C)=O)[C@H]4C=C[C@@H]3C#C[C@H]21. The van der Waals surface area contributed by atoms with Gasteiger partial charge in [-0.05, 0) is 123 Å². The fraction of sp³-hybridized carbons (Fsp3) is 0.450. The second-order valence-corrected chi connectivity index (χ2v) is 22.0. The molecule has 2 bridgehead atoms. The molecule has 77 heavy (non-hydrogen) atoms. The van der Waals surface area contributed by atoms with E-state index in [1.807, 2.05) is 43.6 Å². The molecule has 10 N–H and O–H groups in total. The average molecular weight is 1040 g/mol. The Morgan fingerprint density at radius 3 is 2.84 bits per heavy atom. The molecule has 0 unspecified atom stereocenters. The zero-order valence-electron chi connectivity index (χ0n) is 43.6. The molecule has 5 aromatic rings. The van der Waals surface area contributed by atoms with Crippen molar-refractivity contribution >= 4 is 22.8 Å². The summed E-state index contributed by atoms with van der Waals surface area (Å²) in [5.41, 5.74) is 11.0. The third-order valence-corrected chi connectivity index (χ3v) is 17.5. The minimum absolute atomic E-state index is 0.0558. The van der Waals surface area contributed by atoms with Crippen molar-refractivity contribution in [3.8, 4) is 40.6 Å². The molecule has 17 heteroatoms. The summed E-state index contributed by atoms with van der Waals surface area (Å²) in [6, 6.07) is 14.8. The van der Waals surface area contributed by atoms with Gasteiger partial charge in [-0.2, -0.15) is 0 Å². The second-order valence-electron chi connectivity index (χ2n) is 22.0. The predicted molar refractivity (Wildman–Crippen MR) is 291 cm³/mol. The molecular formula is C60H69N9O8. The summed E-state index contributed by atoms with van der Waals surface area (Å²) in [5, 5.41) is 50.0. The maximum atomic E-state index is 12.9. The van der Waals surface area contributed by atoms with Crippen LogP contribution < -0.4 is 36.5 Å². The highest BCUT2D eigenvalue weighted by Crippen LogP contribution is 2.58. The van der Waals surface area contributed by atoms with E-state index < -0.39 is 47.3 Å². The fourth-order valence-electron chi connectivity index (χ4n) is 14.0. The first-order chi connectivity index (χ1) is 37.5. The van der Waals surface area contributed by atoms with Crippen LogP contribution in [0, 0.1) is 40.9 Å². The lowest BCUT2D eigenvalue weighted by atomic mass is 9.52. The van der Waals surface area contributed by atoms with Crippen molar-refractivity contribution in [2.45, 2.75) is 107 Å². The number of phenols is 3. The molecule has 2 aliphatic carbocycles. The number of guanidine groups is 1. The monoisotopic (exact) mass is 1040 g/mol. The van der Waals surface area contributed by atoms with Crippen LogP contribution in [-0.4, -0.2) is 98.9 Å². The van der Waals surface area contributed by atoms with Crippen molar-refractivity contribution in [2.75, 3.05) is 33.3 Å². The molecule has 17 nitrogen and oxygen atoms in total. The number of dihydropyridines is 1. The highest BCUT2D eigenvalue weighted by molar-refractivity contribution is 5.85. The topological polar surface area (TPSA) is 235 Å². The first-order valence-electron chi connectivity index (χ1n) is 27.4. The Hall–Kier alpha value is -7.55. The first-order valence-corrected chi connectivity index (χ1v) is 27.4. The molecule has 2 aromatic carbocycles. The molecule has 3 fully saturated rings. The largest absolute Gasteiger partial charge is 0.504 e. The summed E-state index contributed by atoms with van der Waals surface area (Å²) in [6.07, 6.45) is 21.0. The molecule has 3 aromatic heterocycles. The highest BCUT2D eigenvalue weighted by Gasteiger charge is 2.66. The third kappa shape index (κ3) is 9.39. The van der Waals surface area contributed by atoms with Crippen LogP contribution in [0.15, 0.2) is 114 Å². The highest BCUT2D eigenvalue weighted by atomic mass is 16.6. The van der Waals surface area contributed by atoms with Crippen molar-refractivity contribution < 1.29 is 39.1 Å². The van der Waals surface area contributed by atoms with E-state index in [-0.39, 0.29) is 53.5 Å². The number of carbonyl (C=O) groups is 1. The lowest BCUT2D eigenvalue weighted by Gasteiger charge is -2.64. The number of aromatic amines is 1. The number of nitrogens with zero attached hydrogens (tertiary/aromatic N) is 3. The number of fused-ring (bicyclic) bond motifs is 13. The summed E-state index contributed by atoms with van der Waals surface area (Å²) in [4.78, 5) is 25.9. The second kappa shape index (κ2) is 20.8. The molecule has 1 saturated carbocycles. The number of aromatic nitrogens is 3. The number of ether oxygens (including phenoxy) is 4. The molecular weight excluding hydrogens is 975 g/mol. The quantitative estimate of drug-likeness (QED) is 0.0205. The number of carbonyl (C=O) groups excluding carboxylic acids is 1. The Labute approximate surface area is 448 Å². The van der Waals surface area contributed by atoms with Crippen molar-refractivity contribution in [1.29, 1.82) is 0 Å². The van der Waals surface area contributed by atoms with Crippen molar-refractivity contribution in [3.05, 3.63) is 131 Å². The van der Waals surface area contributed by atoms with E-state index in [1.165, 1.54) is 29.6 Å². The Morgan fingerprint density at radius 2 is 2.00 bits per heavy atom. The fourth-order valence-corrected chi connectivity index (χ4v) is 14.0. The van der Waals surface area contributed by atoms with Gasteiger partial charge < -0.3 is 70.8 Å². The minimum Gasteiger partial charge on any atom is -0.504 e. The number of hydrogen-bond acceptors (Lipinski definition) is 13. The van der Waals surface area contributed by atoms with Gasteiger partial charge in [0.05, 0.1) is 41.6 Å². The number of nitrogens with two attached hydrogens (primary N) is 1. The number of esters is 1. The summed E-state index contributed by atoms with van der Waals surface area (Å²) in [7, 11) is 2.03. The number of hydrogen-bond donors (Lipinski definition) is 9. The Kier molecular flexibility index (Phi) is 13.6. The number of aryl methyl sites for hydroxylation is 1. The number of rotatable bonds is 12. The average Bonchev–Trinajstić information content (AvgIpc) is 4.27. The number of H-pyrrole nitrogens is 1. The van der Waals surface area contributed by atoms with Gasteiger partial charge in [-0.25, -0.2) is 0 Å².